The number of H-pyrrole nitrogens is 1. The average molecular weight is 255 g/mol. The minimum atomic E-state index is -0.119. The first-order valence-electron chi connectivity index (χ1n) is 5.91. The van der Waals surface area contributed by atoms with Crippen LogP contribution >= 0.6 is 0 Å². The summed E-state index contributed by atoms with van der Waals surface area (Å²) in [6.45, 7) is 0.408. The van der Waals surface area contributed by atoms with E-state index in [4.69, 9.17) is 0 Å². The van der Waals surface area contributed by atoms with Crippen LogP contribution < -0.4 is 5.32 Å². The van der Waals surface area contributed by atoms with E-state index in [1.54, 1.807) is 18.5 Å². The first-order valence-corrected chi connectivity index (χ1v) is 5.91. The van der Waals surface area contributed by atoms with Gasteiger partial charge in [-0.1, -0.05) is 0 Å². The number of aryl methyl sites for hydroxylation is 1. The molecule has 0 unspecified atom stereocenters. The van der Waals surface area contributed by atoms with Crippen molar-refractivity contribution in [2.45, 2.75) is 6.54 Å². The number of benzene rings is 1. The van der Waals surface area contributed by atoms with Crippen LogP contribution in [0.4, 0.5) is 0 Å². The number of nitrogens with zero attached hydrogens (tertiary/aromatic N) is 3. The molecule has 6 nitrogen and oxygen atoms in total. The van der Waals surface area contributed by atoms with Crippen LogP contribution in [0.2, 0.25) is 0 Å². The van der Waals surface area contributed by atoms with E-state index in [0.717, 1.165) is 16.7 Å². The van der Waals surface area contributed by atoms with Gasteiger partial charge in [0, 0.05) is 30.4 Å². The first kappa shape index (κ1) is 11.5. The summed E-state index contributed by atoms with van der Waals surface area (Å²) in [5, 5.41) is 10.5. The monoisotopic (exact) mass is 255 g/mol. The highest BCUT2D eigenvalue weighted by Gasteiger charge is 2.08. The van der Waals surface area contributed by atoms with Crippen molar-refractivity contribution >= 4 is 16.8 Å². The first-order chi connectivity index (χ1) is 9.24. The molecule has 6 heteroatoms. The standard InChI is InChI=1S/C13H13N5O/c1-18-5-4-14-12(18)8-15-13(19)9-2-3-11-10(6-9)7-16-17-11/h2-7H,8H2,1H3,(H,15,19)(H,16,17). The summed E-state index contributed by atoms with van der Waals surface area (Å²) in [7, 11) is 1.89. The third-order valence-electron chi connectivity index (χ3n) is 3.03. The van der Waals surface area contributed by atoms with Gasteiger partial charge in [-0.3, -0.25) is 9.89 Å². The van der Waals surface area contributed by atoms with Crippen molar-refractivity contribution in [1.29, 1.82) is 0 Å². The number of nitrogens with one attached hydrogen (secondary N) is 2. The maximum absolute atomic E-state index is 12.0. The minimum absolute atomic E-state index is 0.119. The van der Waals surface area contributed by atoms with E-state index in [0.29, 0.717) is 12.1 Å². The van der Waals surface area contributed by atoms with Gasteiger partial charge in [0.15, 0.2) is 0 Å². The van der Waals surface area contributed by atoms with Crippen LogP contribution in [-0.2, 0) is 13.6 Å². The lowest BCUT2D eigenvalue weighted by atomic mass is 10.1. The summed E-state index contributed by atoms with van der Waals surface area (Å²) in [5.74, 6) is 0.698. The second kappa shape index (κ2) is 4.56. The second-order valence-corrected chi connectivity index (χ2v) is 4.31. The Labute approximate surface area is 109 Å². The van der Waals surface area contributed by atoms with Gasteiger partial charge in [-0.25, -0.2) is 4.98 Å². The third kappa shape index (κ3) is 2.20. The van der Waals surface area contributed by atoms with Crippen LogP contribution in [-0.4, -0.2) is 25.7 Å². The van der Waals surface area contributed by atoms with Crippen molar-refractivity contribution in [3.63, 3.8) is 0 Å². The maximum atomic E-state index is 12.0. The Balaban J connectivity index is 1.74. The highest BCUT2D eigenvalue weighted by atomic mass is 16.1. The van der Waals surface area contributed by atoms with Gasteiger partial charge >= 0.3 is 0 Å². The van der Waals surface area contributed by atoms with Gasteiger partial charge in [-0.15, -0.1) is 0 Å². The number of aromatic nitrogens is 4. The molecule has 2 aromatic heterocycles. The quantitative estimate of drug-likeness (QED) is 0.739. The Bertz CT molecular complexity index is 727. The highest BCUT2D eigenvalue weighted by molar-refractivity contribution is 5.97. The molecule has 3 aromatic rings. The summed E-state index contributed by atoms with van der Waals surface area (Å²) in [6, 6.07) is 5.43. The number of fused-ring (bicyclic) bond motifs is 1. The number of hydrogen-bond acceptors (Lipinski definition) is 3. The van der Waals surface area contributed by atoms with Gasteiger partial charge in [-0.2, -0.15) is 5.10 Å². The number of carbonyl (C=O) groups excluding carboxylic acids is 1. The predicted octanol–water partition coefficient (Wildman–Crippen LogP) is 1.23. The summed E-state index contributed by atoms with van der Waals surface area (Å²) in [6.07, 6.45) is 5.25. The normalized spacial score (nSPS) is 10.8. The van der Waals surface area contributed by atoms with Gasteiger partial charge in [0.2, 0.25) is 0 Å². The Morgan fingerprint density at radius 2 is 2.37 bits per heavy atom. The lowest BCUT2D eigenvalue weighted by Gasteiger charge is -2.05. The molecule has 96 valence electrons. The van der Waals surface area contributed by atoms with Crippen LogP contribution in [0.25, 0.3) is 10.9 Å². The zero-order valence-electron chi connectivity index (χ0n) is 10.4. The molecule has 0 spiro atoms. The van der Waals surface area contributed by atoms with Gasteiger partial charge in [0.1, 0.15) is 5.82 Å². The van der Waals surface area contributed by atoms with Gasteiger partial charge < -0.3 is 9.88 Å². The molecule has 0 aliphatic carbocycles. The van der Waals surface area contributed by atoms with Crippen molar-refractivity contribution < 1.29 is 4.79 Å². The highest BCUT2D eigenvalue weighted by Crippen LogP contribution is 2.12. The Morgan fingerprint density at radius 1 is 1.47 bits per heavy atom. The topological polar surface area (TPSA) is 75.6 Å². The van der Waals surface area contributed by atoms with Gasteiger partial charge in [-0.05, 0) is 18.2 Å². The fourth-order valence-corrected chi connectivity index (χ4v) is 1.91. The minimum Gasteiger partial charge on any atom is -0.345 e. The fraction of sp³-hybridized carbons (Fsp3) is 0.154. The molecule has 3 rings (SSSR count). The molecule has 0 radical (unpaired) electrons. The van der Waals surface area contributed by atoms with Crippen molar-refractivity contribution in [2.24, 2.45) is 7.05 Å². The van der Waals surface area contributed by atoms with E-state index >= 15 is 0 Å². The van der Waals surface area contributed by atoms with E-state index in [1.807, 2.05) is 29.9 Å². The lowest BCUT2D eigenvalue weighted by molar-refractivity contribution is 0.0950. The summed E-state index contributed by atoms with van der Waals surface area (Å²) in [5.41, 5.74) is 1.53. The molecule has 0 bridgehead atoms. The van der Waals surface area contributed by atoms with E-state index in [-0.39, 0.29) is 5.91 Å². The van der Waals surface area contributed by atoms with E-state index in [9.17, 15) is 4.79 Å². The van der Waals surface area contributed by atoms with Gasteiger partial charge in [0.05, 0.1) is 18.3 Å². The Hall–Kier alpha value is -2.63. The van der Waals surface area contributed by atoms with E-state index in [2.05, 4.69) is 20.5 Å². The number of hydrogen-bond donors (Lipinski definition) is 2. The van der Waals surface area contributed by atoms with Crippen LogP contribution in [0.3, 0.4) is 0 Å². The molecule has 0 atom stereocenters. The summed E-state index contributed by atoms with van der Waals surface area (Å²) >= 11 is 0. The number of aromatic amines is 1. The van der Waals surface area contributed by atoms with Crippen molar-refractivity contribution in [1.82, 2.24) is 25.1 Å². The molecule has 0 aliphatic rings. The number of carbonyl (C=O) groups is 1. The molecule has 1 amide bonds. The Morgan fingerprint density at radius 3 is 3.16 bits per heavy atom. The largest absolute Gasteiger partial charge is 0.345 e. The smallest absolute Gasteiger partial charge is 0.251 e. The number of amides is 1. The molecule has 19 heavy (non-hydrogen) atoms. The molecule has 0 saturated heterocycles. The zero-order chi connectivity index (χ0) is 13.2. The average Bonchev–Trinajstić information content (AvgIpc) is 3.03. The third-order valence-corrected chi connectivity index (χ3v) is 3.03. The molecule has 2 heterocycles. The molecule has 0 aliphatic heterocycles. The number of rotatable bonds is 3. The SMILES string of the molecule is Cn1ccnc1CNC(=O)c1ccc2[nH]ncc2c1. The zero-order valence-corrected chi connectivity index (χ0v) is 10.4. The van der Waals surface area contributed by atoms with Crippen LogP contribution in [0.15, 0.2) is 36.8 Å². The molecular weight excluding hydrogens is 242 g/mol. The Kier molecular flexibility index (Phi) is 2.75. The van der Waals surface area contributed by atoms with E-state index in [1.165, 1.54) is 0 Å². The molecule has 1 aromatic carbocycles. The van der Waals surface area contributed by atoms with Crippen LogP contribution in [0.1, 0.15) is 16.2 Å². The molecule has 0 fully saturated rings. The van der Waals surface area contributed by atoms with Crippen molar-refractivity contribution in [3.05, 3.63) is 48.2 Å². The summed E-state index contributed by atoms with van der Waals surface area (Å²) in [4.78, 5) is 16.2. The molecule has 2 N–H and O–H groups in total. The molecular formula is C13H13N5O. The van der Waals surface area contributed by atoms with Crippen LogP contribution in [0, 0.1) is 0 Å². The number of imidazole rings is 1. The van der Waals surface area contributed by atoms with Crippen molar-refractivity contribution in [3.8, 4) is 0 Å². The maximum Gasteiger partial charge on any atom is 0.251 e. The van der Waals surface area contributed by atoms with Gasteiger partial charge in [0.25, 0.3) is 5.91 Å². The lowest BCUT2D eigenvalue weighted by Crippen LogP contribution is -2.24. The second-order valence-electron chi connectivity index (χ2n) is 4.31. The predicted molar refractivity (Wildman–Crippen MR) is 70.5 cm³/mol. The van der Waals surface area contributed by atoms with Crippen molar-refractivity contribution in [2.75, 3.05) is 0 Å². The van der Waals surface area contributed by atoms with E-state index < -0.39 is 0 Å². The molecule has 0 saturated carbocycles. The van der Waals surface area contributed by atoms with Crippen LogP contribution in [0.5, 0.6) is 0 Å². The fourth-order valence-electron chi connectivity index (χ4n) is 1.91. The summed E-state index contributed by atoms with van der Waals surface area (Å²) < 4.78 is 1.87.